The van der Waals surface area contributed by atoms with Crippen molar-refractivity contribution >= 4 is 40.8 Å². The van der Waals surface area contributed by atoms with Crippen LogP contribution in [0.2, 0.25) is 5.02 Å². The van der Waals surface area contributed by atoms with Crippen LogP contribution in [0, 0.1) is 5.82 Å². The Bertz CT molecular complexity index is 1550. The van der Waals surface area contributed by atoms with Gasteiger partial charge >= 0.3 is 0 Å². The monoisotopic (exact) mass is 586 g/mol. The Balaban J connectivity index is 1.39. The number of rotatable bonds is 7. The molecular formula is C27H25ClF2N6O5. The third-order valence-corrected chi connectivity index (χ3v) is 6.86. The molecule has 5 rings (SSSR count). The second-order valence-corrected chi connectivity index (χ2v) is 9.72. The van der Waals surface area contributed by atoms with Crippen molar-refractivity contribution in [1.82, 2.24) is 19.9 Å². The van der Waals surface area contributed by atoms with Crippen molar-refractivity contribution in [3.63, 3.8) is 0 Å². The third-order valence-electron chi connectivity index (χ3n) is 6.60. The zero-order valence-corrected chi connectivity index (χ0v) is 23.0. The fourth-order valence-corrected chi connectivity index (χ4v) is 4.61. The lowest BCUT2D eigenvalue weighted by atomic mass is 10.1. The molecule has 2 aliphatic rings. The quantitative estimate of drug-likeness (QED) is 0.424. The molecule has 1 saturated heterocycles. The van der Waals surface area contributed by atoms with E-state index in [1.54, 1.807) is 30.1 Å². The van der Waals surface area contributed by atoms with Crippen molar-refractivity contribution in [3.8, 4) is 17.4 Å². The number of aromatic nitrogens is 2. The first-order chi connectivity index (χ1) is 19.7. The normalized spacial score (nSPS) is 18.0. The average molecular weight is 587 g/mol. The van der Waals surface area contributed by atoms with Crippen molar-refractivity contribution < 1.29 is 32.7 Å². The summed E-state index contributed by atoms with van der Waals surface area (Å²) in [4.78, 5) is 44.5. The Morgan fingerprint density at radius 1 is 1.24 bits per heavy atom. The average Bonchev–Trinajstić information content (AvgIpc) is 3.28. The van der Waals surface area contributed by atoms with E-state index >= 15 is 4.39 Å². The van der Waals surface area contributed by atoms with Crippen molar-refractivity contribution in [2.75, 3.05) is 39.7 Å². The van der Waals surface area contributed by atoms with Crippen molar-refractivity contribution in [2.24, 2.45) is 4.99 Å². The number of piperidine rings is 1. The van der Waals surface area contributed by atoms with Gasteiger partial charge in [0.25, 0.3) is 11.8 Å². The molecule has 1 N–H and O–H groups in total. The van der Waals surface area contributed by atoms with Gasteiger partial charge in [0.2, 0.25) is 11.8 Å². The number of halogens is 3. The summed E-state index contributed by atoms with van der Waals surface area (Å²) in [7, 11) is 4.50. The summed E-state index contributed by atoms with van der Waals surface area (Å²) >= 11 is 6.27. The predicted octanol–water partition coefficient (Wildman–Crippen LogP) is 4.59. The number of hydrogen-bond acceptors (Lipinski definition) is 9. The van der Waals surface area contributed by atoms with Gasteiger partial charge < -0.3 is 19.7 Å². The van der Waals surface area contributed by atoms with Crippen molar-refractivity contribution in [1.29, 1.82) is 0 Å². The highest BCUT2D eigenvalue weighted by Crippen LogP contribution is 2.36. The number of fused-ring (bicyclic) bond motifs is 1. The summed E-state index contributed by atoms with van der Waals surface area (Å²) < 4.78 is 40.6. The maximum Gasteiger partial charge on any atom is 0.281 e. The van der Waals surface area contributed by atoms with E-state index in [4.69, 9.17) is 25.9 Å². The highest BCUT2D eigenvalue weighted by molar-refractivity contribution is 6.31. The second-order valence-electron chi connectivity index (χ2n) is 9.31. The Labute approximate surface area is 238 Å². The molecule has 0 saturated carbocycles. The maximum absolute atomic E-state index is 15.1. The van der Waals surface area contributed by atoms with E-state index in [0.29, 0.717) is 17.7 Å². The lowest BCUT2D eigenvalue weighted by Crippen LogP contribution is -2.40. The molecule has 0 bridgehead atoms. The Hall–Kier alpha value is -4.20. The minimum absolute atomic E-state index is 0.0366. The van der Waals surface area contributed by atoms with Crippen LogP contribution in [0.3, 0.4) is 0 Å². The number of amides is 2. The minimum atomic E-state index is -1.41. The molecule has 2 aliphatic heterocycles. The van der Waals surface area contributed by atoms with E-state index in [1.165, 1.54) is 31.5 Å². The summed E-state index contributed by atoms with van der Waals surface area (Å²) in [6.45, 7) is 0.916. The van der Waals surface area contributed by atoms with Gasteiger partial charge in [0.1, 0.15) is 22.3 Å². The molecule has 2 amide bonds. The first-order valence-corrected chi connectivity index (χ1v) is 12.8. The van der Waals surface area contributed by atoms with Crippen LogP contribution in [0.4, 0.5) is 20.4 Å². The zero-order chi connectivity index (χ0) is 29.3. The van der Waals surface area contributed by atoms with Crippen LogP contribution in [0.1, 0.15) is 32.7 Å². The zero-order valence-electron chi connectivity index (χ0n) is 22.3. The fourth-order valence-electron chi connectivity index (χ4n) is 4.48. The molecule has 1 aromatic heterocycles. The number of alkyl halides is 1. The van der Waals surface area contributed by atoms with Crippen LogP contribution in [0.5, 0.6) is 17.4 Å². The number of anilines is 2. The van der Waals surface area contributed by atoms with E-state index in [0.717, 1.165) is 6.07 Å². The molecule has 11 nitrogen and oxygen atoms in total. The Morgan fingerprint density at radius 2 is 2.05 bits per heavy atom. The number of aliphatic imine (C=N–C) groups is 1. The highest BCUT2D eigenvalue weighted by Gasteiger charge is 2.32. The molecule has 0 aliphatic carbocycles. The lowest BCUT2D eigenvalue weighted by molar-refractivity contribution is -0.0957. The van der Waals surface area contributed by atoms with Crippen LogP contribution >= 0.6 is 11.6 Å². The molecule has 2 aromatic carbocycles. The van der Waals surface area contributed by atoms with Gasteiger partial charge in [-0.25, -0.2) is 23.8 Å². The van der Waals surface area contributed by atoms with E-state index in [2.05, 4.69) is 20.3 Å². The number of hydroxylamine groups is 2. The summed E-state index contributed by atoms with van der Waals surface area (Å²) in [6, 6.07) is 7.28. The second kappa shape index (κ2) is 11.7. The van der Waals surface area contributed by atoms with Crippen LogP contribution in [0.15, 0.2) is 41.5 Å². The molecule has 0 spiro atoms. The van der Waals surface area contributed by atoms with Gasteiger partial charge in [0.15, 0.2) is 6.17 Å². The predicted molar refractivity (Wildman–Crippen MR) is 145 cm³/mol. The number of hydrogen-bond donors (Lipinski definition) is 1. The molecular weight excluding hydrogens is 562 g/mol. The number of ether oxygens (including phenoxy) is 2. The maximum atomic E-state index is 15.1. The molecule has 41 heavy (non-hydrogen) atoms. The smallest absolute Gasteiger partial charge is 0.281 e. The first kappa shape index (κ1) is 28.3. The summed E-state index contributed by atoms with van der Waals surface area (Å²) in [5.74, 6) is -2.00. The number of nitrogens with zero attached hydrogens (tertiary/aromatic N) is 5. The van der Waals surface area contributed by atoms with Crippen LogP contribution < -0.4 is 14.8 Å². The first-order valence-electron chi connectivity index (χ1n) is 12.5. The fraction of sp³-hybridized carbons (Fsp3) is 0.296. The minimum Gasteiger partial charge on any atom is -0.495 e. The van der Waals surface area contributed by atoms with Crippen LogP contribution in [-0.2, 0) is 11.4 Å². The number of carbonyl (C=O) groups is 2. The van der Waals surface area contributed by atoms with E-state index in [1.807, 2.05) is 0 Å². The number of nitrogens with one attached hydrogen (secondary N) is 1. The van der Waals surface area contributed by atoms with Gasteiger partial charge in [-0.2, -0.15) is 4.98 Å². The summed E-state index contributed by atoms with van der Waals surface area (Å²) in [6.07, 6.45) is 0.130. The molecule has 1 atom stereocenters. The molecule has 1 fully saturated rings. The standard InChI is InChI=1S/C27H25ClF2N6O5/c1-35-8-7-19(18(30)13-35)32-24(37)15-9-22(39-2)20(10-17(15)29)33-27-31-11-16(28)25(34-27)41-21-6-4-5-14-12-36(40-3)26(38)23(14)21/h4-6,9-11,18H,7-8,12-13H2,1-3H3,(H,31,33,34)/b32-19+/t18-/m1/s1. The number of methoxy groups -OCH3 is 1. The number of likely N-dealkylation sites (tertiary alicyclic amines) is 1. The van der Waals surface area contributed by atoms with Gasteiger partial charge in [-0.1, -0.05) is 23.7 Å². The van der Waals surface area contributed by atoms with Crippen LogP contribution in [-0.4, -0.2) is 78.0 Å². The number of benzene rings is 2. The molecule has 0 unspecified atom stereocenters. The Morgan fingerprint density at radius 3 is 2.78 bits per heavy atom. The van der Waals surface area contributed by atoms with Crippen molar-refractivity contribution in [2.45, 2.75) is 19.1 Å². The third kappa shape index (κ3) is 5.82. The van der Waals surface area contributed by atoms with Crippen molar-refractivity contribution in [3.05, 3.63) is 64.1 Å². The molecule has 14 heteroatoms. The van der Waals surface area contributed by atoms with Crippen LogP contribution in [0.25, 0.3) is 0 Å². The molecule has 0 radical (unpaired) electrons. The molecule has 3 aromatic rings. The van der Waals surface area contributed by atoms with E-state index in [-0.39, 0.29) is 70.7 Å². The Kier molecular flexibility index (Phi) is 8.10. The molecule has 214 valence electrons. The summed E-state index contributed by atoms with van der Waals surface area (Å²) in [5, 5.41) is 4.07. The van der Waals surface area contributed by atoms with Gasteiger partial charge in [-0.15, -0.1) is 0 Å². The lowest BCUT2D eigenvalue weighted by Gasteiger charge is -2.26. The summed E-state index contributed by atoms with van der Waals surface area (Å²) in [5.41, 5.74) is 0.814. The largest absolute Gasteiger partial charge is 0.495 e. The van der Waals surface area contributed by atoms with E-state index in [9.17, 15) is 14.0 Å². The van der Waals surface area contributed by atoms with Gasteiger partial charge in [0.05, 0.1) is 49.5 Å². The van der Waals surface area contributed by atoms with Gasteiger partial charge in [0, 0.05) is 25.6 Å². The highest BCUT2D eigenvalue weighted by atomic mass is 35.5. The SMILES string of the molecule is COc1cc(C(=O)/N=C2\CCN(C)C[C@H]2F)c(F)cc1Nc1ncc(Cl)c(Oc2cccc3c2C(=O)N(OC)C3)n1. The molecule has 3 heterocycles. The van der Waals surface area contributed by atoms with Gasteiger partial charge in [-0.05, 0) is 24.7 Å². The topological polar surface area (TPSA) is 118 Å². The van der Waals surface area contributed by atoms with E-state index < -0.39 is 17.9 Å². The number of carbonyl (C=O) groups excluding carboxylic acids is 2. The van der Waals surface area contributed by atoms with Gasteiger partial charge in [-0.3, -0.25) is 14.4 Å².